The Kier molecular flexibility index (Phi) is 13.5. The van der Waals surface area contributed by atoms with Crippen LogP contribution in [0.2, 0.25) is 0 Å². The average Bonchev–Trinajstić information content (AvgIpc) is 3.26. The maximum atomic E-state index is 12.1. The lowest BCUT2D eigenvalue weighted by atomic mass is 9.76. The van der Waals surface area contributed by atoms with Crippen molar-refractivity contribution in [3.63, 3.8) is 0 Å². The van der Waals surface area contributed by atoms with Gasteiger partial charge in [-0.15, -0.1) is 0 Å². The molecule has 54 heavy (non-hydrogen) atoms. The monoisotopic (exact) mass is 804 g/mol. The summed E-state index contributed by atoms with van der Waals surface area (Å²) in [4.78, 5) is 1.56. The van der Waals surface area contributed by atoms with Crippen molar-refractivity contribution in [3.05, 3.63) is 82.6 Å². The molecule has 12 nitrogen and oxygen atoms in total. The van der Waals surface area contributed by atoms with Crippen LogP contribution in [-0.2, 0) is 41.2 Å². The van der Waals surface area contributed by atoms with Crippen molar-refractivity contribution in [1.29, 1.82) is 0 Å². The zero-order valence-electron chi connectivity index (χ0n) is 32.1. The zero-order chi connectivity index (χ0) is 40.3. The van der Waals surface area contributed by atoms with Crippen molar-refractivity contribution in [1.82, 2.24) is 4.58 Å². The highest BCUT2D eigenvalue weighted by molar-refractivity contribution is 7.86. The second-order valence-electron chi connectivity index (χ2n) is 15.6. The van der Waals surface area contributed by atoms with Gasteiger partial charge in [-0.05, 0) is 91.6 Å². The van der Waals surface area contributed by atoms with Crippen LogP contribution in [0.25, 0.3) is 17.4 Å². The molecule has 0 bridgehead atoms. The number of hydrogen-bond acceptors (Lipinski definition) is 11. The largest absolute Gasteiger partial charge is 0.748 e. The van der Waals surface area contributed by atoms with Crippen LogP contribution in [0.1, 0.15) is 97.5 Å². The summed E-state index contributed by atoms with van der Waals surface area (Å²) >= 11 is 0. The molecule has 0 spiro atoms. The minimum atomic E-state index is -4.76. The maximum absolute atomic E-state index is 12.1. The van der Waals surface area contributed by atoms with Crippen molar-refractivity contribution < 1.29 is 43.3 Å². The molecule has 2 heterocycles. The summed E-state index contributed by atoms with van der Waals surface area (Å²) in [5, 5.41) is 0.816. The number of nitrogens with zero attached hydrogens (tertiary/aromatic N) is 2. The van der Waals surface area contributed by atoms with Gasteiger partial charge in [0.25, 0.3) is 0 Å². The van der Waals surface area contributed by atoms with Gasteiger partial charge in [-0.2, -0.15) is 0 Å². The van der Waals surface area contributed by atoms with Crippen LogP contribution in [-0.4, -0.2) is 70.1 Å². The summed E-state index contributed by atoms with van der Waals surface area (Å²) in [5.74, 6) is 0.554. The van der Waals surface area contributed by atoms with Crippen LogP contribution >= 0.6 is 0 Å². The summed E-state index contributed by atoms with van der Waals surface area (Å²) in [6, 6.07) is 12.1. The Morgan fingerprint density at radius 3 is 2.17 bits per heavy atom. The standard InChI is InChI=1S/C39H54N2O10S3/c1-8-40(21-11-23-52(42,43)44)29-16-18-32-33(38(4,5)6)26-30(51-36(32)25-29)14-9-15-37-39(7,20-10-13-28(2)3)34-27-31(54(48,49)50)17-19-35(34)41(37)22-12-24-53(45,46)47/h9,14-19,25-28H,8,10-13,20-24H2,1-7H3,(H2-,42,43,44,45,46,47,48,49,50)/p-2. The molecule has 1 aliphatic carbocycles. The number of allylic oxidation sites excluding steroid dienone is 3. The van der Waals surface area contributed by atoms with E-state index in [1.807, 2.05) is 65.8 Å². The van der Waals surface area contributed by atoms with Gasteiger partial charge in [0.05, 0.1) is 31.2 Å². The number of anilines is 1. The molecular weight excluding hydrogens is 753 g/mol. The van der Waals surface area contributed by atoms with Crippen LogP contribution < -0.4 is 14.8 Å². The molecule has 0 amide bonds. The smallest absolute Gasteiger partial charge is 0.203 e. The first-order chi connectivity index (χ1) is 24.9. The van der Waals surface area contributed by atoms with Gasteiger partial charge in [-0.3, -0.25) is 0 Å². The molecule has 15 heteroatoms. The first-order valence-corrected chi connectivity index (χ1v) is 22.8. The molecule has 1 unspecified atom stereocenters. The molecule has 1 aromatic carbocycles. The number of fused-ring (bicyclic) bond motifs is 2. The highest BCUT2D eigenvalue weighted by atomic mass is 32.2. The van der Waals surface area contributed by atoms with Crippen molar-refractivity contribution in [2.75, 3.05) is 36.0 Å². The van der Waals surface area contributed by atoms with Crippen LogP contribution in [0.5, 0.6) is 0 Å². The Hall–Kier alpha value is -3.34. The van der Waals surface area contributed by atoms with Crippen molar-refractivity contribution in [3.8, 4) is 11.3 Å². The minimum Gasteiger partial charge on any atom is -0.748 e. The lowest BCUT2D eigenvalue weighted by Crippen LogP contribution is -2.31. The van der Waals surface area contributed by atoms with Gasteiger partial charge in [0.1, 0.15) is 34.7 Å². The molecule has 1 aromatic rings. The Bertz CT molecular complexity index is 2270. The Morgan fingerprint density at radius 2 is 1.57 bits per heavy atom. The minimum absolute atomic E-state index is 0.0365. The fraction of sp³-hybridized carbons (Fsp3) is 0.513. The molecule has 0 aromatic heterocycles. The average molecular weight is 805 g/mol. The fourth-order valence-electron chi connectivity index (χ4n) is 7.18. The topological polar surface area (TPSA) is 191 Å². The Balaban J connectivity index is 1.86. The molecule has 2 aliphatic heterocycles. The normalized spacial score (nSPS) is 18.4. The summed E-state index contributed by atoms with van der Waals surface area (Å²) in [6.45, 7) is 15.6. The van der Waals surface area contributed by atoms with Crippen LogP contribution in [0.15, 0.2) is 69.6 Å². The summed E-state index contributed by atoms with van der Waals surface area (Å²) in [6.07, 6.45) is 8.08. The molecule has 0 radical (unpaired) electrons. The molecule has 4 rings (SSSR count). The molecule has 0 saturated carbocycles. The summed E-state index contributed by atoms with van der Waals surface area (Å²) in [7, 11) is -13.6. The molecule has 0 saturated heterocycles. The molecular formula is C39H52N2O10S3-2. The molecule has 0 N–H and O–H groups in total. The number of rotatable bonds is 16. The van der Waals surface area contributed by atoms with E-state index in [-0.39, 0.29) is 29.7 Å². The summed E-state index contributed by atoms with van der Waals surface area (Å²) < 4.78 is 113. The zero-order valence-corrected chi connectivity index (χ0v) is 34.6. The number of benzene rings is 2. The van der Waals surface area contributed by atoms with E-state index in [1.165, 1.54) is 12.1 Å². The van der Waals surface area contributed by atoms with E-state index in [1.54, 1.807) is 6.07 Å². The third-order valence-corrected chi connectivity index (χ3v) is 12.3. The van der Waals surface area contributed by atoms with Gasteiger partial charge < -0.3 is 23.0 Å². The lowest BCUT2D eigenvalue weighted by molar-refractivity contribution is 0.445. The van der Waals surface area contributed by atoms with Crippen LogP contribution in [0.4, 0.5) is 5.69 Å². The second kappa shape index (κ2) is 16.8. The SMILES string of the molecule is CC[N+](CCCS(=O)(=O)[O-])=c1ccc2c(C(C)(C)C)cc(/C=C/C=C3\N(CCCS(=O)(=O)[O-])c4ccc(S(=O)(=O)[O-])cc4C3(C)CCCC(C)C)oc-2c1. The fourth-order valence-corrected chi connectivity index (χ4v) is 8.65. The summed E-state index contributed by atoms with van der Waals surface area (Å²) in [5.41, 5.74) is 2.95. The van der Waals surface area contributed by atoms with E-state index in [0.29, 0.717) is 48.2 Å². The molecule has 1 atom stereocenters. The van der Waals surface area contributed by atoms with Gasteiger partial charge in [0.15, 0.2) is 0 Å². The van der Waals surface area contributed by atoms with E-state index < -0.39 is 47.3 Å². The van der Waals surface area contributed by atoms with Crippen molar-refractivity contribution in [2.45, 2.75) is 96.3 Å². The van der Waals surface area contributed by atoms with E-state index >= 15 is 0 Å². The molecule has 0 fully saturated rings. The van der Waals surface area contributed by atoms with Gasteiger partial charge in [-0.1, -0.05) is 53.5 Å². The Labute approximate surface area is 320 Å². The number of hydrogen-bond donors (Lipinski definition) is 0. The van der Waals surface area contributed by atoms with E-state index in [4.69, 9.17) is 4.42 Å². The third-order valence-electron chi connectivity index (χ3n) is 9.89. The van der Waals surface area contributed by atoms with Gasteiger partial charge in [0.2, 0.25) is 5.36 Å². The third kappa shape index (κ3) is 11.1. The van der Waals surface area contributed by atoms with Gasteiger partial charge >= 0.3 is 0 Å². The van der Waals surface area contributed by atoms with Crippen LogP contribution in [0.3, 0.4) is 0 Å². The van der Waals surface area contributed by atoms with Crippen LogP contribution in [0, 0.1) is 5.92 Å². The first kappa shape index (κ1) is 43.4. The van der Waals surface area contributed by atoms with E-state index in [2.05, 4.69) is 34.6 Å². The lowest BCUT2D eigenvalue weighted by Gasteiger charge is -2.31. The second-order valence-corrected chi connectivity index (χ2v) is 20.0. The predicted octanol–water partition coefficient (Wildman–Crippen LogP) is 5.75. The Morgan fingerprint density at radius 1 is 0.907 bits per heavy atom. The highest BCUT2D eigenvalue weighted by Gasteiger charge is 2.43. The first-order valence-electron chi connectivity index (χ1n) is 18.2. The van der Waals surface area contributed by atoms with Crippen molar-refractivity contribution in [2.24, 2.45) is 5.92 Å². The van der Waals surface area contributed by atoms with Crippen molar-refractivity contribution >= 4 is 42.1 Å². The van der Waals surface area contributed by atoms with Gasteiger partial charge in [0, 0.05) is 52.9 Å². The quantitative estimate of drug-likeness (QED) is 0.127. The van der Waals surface area contributed by atoms with E-state index in [9.17, 15) is 38.9 Å². The van der Waals surface area contributed by atoms with Gasteiger partial charge in [-0.25, -0.2) is 29.8 Å². The molecule has 298 valence electrons. The molecule has 3 aliphatic rings. The maximum Gasteiger partial charge on any atom is 0.203 e. The highest BCUT2D eigenvalue weighted by Crippen LogP contribution is 2.51. The predicted molar refractivity (Wildman–Crippen MR) is 208 cm³/mol. The van der Waals surface area contributed by atoms with E-state index in [0.717, 1.165) is 35.0 Å².